The van der Waals surface area contributed by atoms with Gasteiger partial charge < -0.3 is 14.8 Å². The number of hydrogen-bond donors (Lipinski definition) is 1. The first-order valence-electron chi connectivity index (χ1n) is 6.27. The van der Waals surface area contributed by atoms with Crippen molar-refractivity contribution in [3.63, 3.8) is 0 Å². The van der Waals surface area contributed by atoms with Gasteiger partial charge >= 0.3 is 0 Å². The van der Waals surface area contributed by atoms with Crippen LogP contribution < -0.4 is 10.9 Å². The zero-order valence-electron chi connectivity index (χ0n) is 10.6. The van der Waals surface area contributed by atoms with Gasteiger partial charge in [-0.05, 0) is 32.5 Å². The fourth-order valence-corrected chi connectivity index (χ4v) is 2.34. The van der Waals surface area contributed by atoms with E-state index in [4.69, 9.17) is 0 Å². The molecule has 0 saturated carbocycles. The third-order valence-corrected chi connectivity index (χ3v) is 3.55. The molecule has 0 bridgehead atoms. The van der Waals surface area contributed by atoms with Gasteiger partial charge in [-0.2, -0.15) is 0 Å². The Balaban J connectivity index is 1.92. The lowest BCUT2D eigenvalue weighted by atomic mass is 10.0. The highest BCUT2D eigenvalue weighted by Gasteiger charge is 2.18. The second-order valence-electron chi connectivity index (χ2n) is 4.88. The van der Waals surface area contributed by atoms with Crippen LogP contribution in [0.5, 0.6) is 0 Å². The molecule has 1 N–H and O–H groups in total. The minimum Gasteiger partial charge on any atom is -0.382 e. The van der Waals surface area contributed by atoms with E-state index >= 15 is 0 Å². The normalized spacial score (nSPS) is 21.4. The lowest BCUT2D eigenvalue weighted by molar-refractivity contribution is 0.194. The lowest BCUT2D eigenvalue weighted by Gasteiger charge is -2.32. The van der Waals surface area contributed by atoms with Gasteiger partial charge in [0.15, 0.2) is 0 Å². The summed E-state index contributed by atoms with van der Waals surface area (Å²) in [5, 5.41) is 3.41. The van der Waals surface area contributed by atoms with E-state index in [1.807, 2.05) is 12.3 Å². The summed E-state index contributed by atoms with van der Waals surface area (Å²) in [6, 6.07) is 4.07. The van der Waals surface area contributed by atoms with Gasteiger partial charge in [-0.1, -0.05) is 6.42 Å². The first kappa shape index (κ1) is 12.2. The Morgan fingerprint density at radius 1 is 1.35 bits per heavy atom. The van der Waals surface area contributed by atoms with Crippen molar-refractivity contribution in [1.82, 2.24) is 9.47 Å². The number of piperidine rings is 1. The monoisotopic (exact) mass is 235 g/mol. The fourth-order valence-electron chi connectivity index (χ4n) is 2.34. The smallest absolute Gasteiger partial charge is 0.250 e. The average molecular weight is 235 g/mol. The van der Waals surface area contributed by atoms with Crippen molar-refractivity contribution in [3.05, 3.63) is 28.7 Å². The number of aromatic nitrogens is 1. The van der Waals surface area contributed by atoms with Crippen molar-refractivity contribution in [2.75, 3.05) is 25.5 Å². The van der Waals surface area contributed by atoms with E-state index in [0.29, 0.717) is 6.04 Å². The number of pyridine rings is 1. The Labute approximate surface area is 102 Å². The molecule has 1 aromatic heterocycles. The summed E-state index contributed by atoms with van der Waals surface area (Å²) in [6.07, 6.45) is 5.75. The predicted molar refractivity (Wildman–Crippen MR) is 70.4 cm³/mol. The van der Waals surface area contributed by atoms with Gasteiger partial charge in [0, 0.05) is 31.9 Å². The molecule has 1 atom stereocenters. The molecule has 17 heavy (non-hydrogen) atoms. The van der Waals surface area contributed by atoms with Crippen molar-refractivity contribution >= 4 is 5.69 Å². The van der Waals surface area contributed by atoms with E-state index in [1.54, 1.807) is 17.7 Å². The molecule has 1 aliphatic heterocycles. The topological polar surface area (TPSA) is 37.3 Å². The number of nitrogens with one attached hydrogen (secondary N) is 1. The minimum atomic E-state index is 0.0327. The van der Waals surface area contributed by atoms with E-state index in [1.165, 1.54) is 25.8 Å². The summed E-state index contributed by atoms with van der Waals surface area (Å²) < 4.78 is 1.60. The molecular weight excluding hydrogens is 214 g/mol. The average Bonchev–Trinajstić information content (AvgIpc) is 2.32. The summed E-state index contributed by atoms with van der Waals surface area (Å²) in [4.78, 5) is 13.7. The van der Waals surface area contributed by atoms with Crippen LogP contribution in [-0.4, -0.2) is 35.6 Å². The Morgan fingerprint density at radius 2 is 2.18 bits per heavy atom. The number of nitrogens with zero attached hydrogens (tertiary/aromatic N) is 2. The summed E-state index contributed by atoms with van der Waals surface area (Å²) in [5.74, 6) is 0. The van der Waals surface area contributed by atoms with Crippen LogP contribution in [0.4, 0.5) is 5.69 Å². The van der Waals surface area contributed by atoms with Gasteiger partial charge in [0.05, 0.1) is 5.69 Å². The molecule has 1 fully saturated rings. The van der Waals surface area contributed by atoms with Crippen LogP contribution in [0.25, 0.3) is 0 Å². The van der Waals surface area contributed by atoms with Crippen LogP contribution in [0.2, 0.25) is 0 Å². The molecule has 1 saturated heterocycles. The molecule has 1 unspecified atom stereocenters. The van der Waals surface area contributed by atoms with Gasteiger partial charge in [0.2, 0.25) is 5.56 Å². The Bertz CT molecular complexity index is 427. The largest absolute Gasteiger partial charge is 0.382 e. The van der Waals surface area contributed by atoms with Crippen molar-refractivity contribution in [2.45, 2.75) is 25.3 Å². The van der Waals surface area contributed by atoms with Crippen molar-refractivity contribution in [2.24, 2.45) is 7.05 Å². The third-order valence-electron chi connectivity index (χ3n) is 3.55. The number of hydrogen-bond acceptors (Lipinski definition) is 3. The standard InChI is InChI=1S/C13H21N3O/c1-15-8-4-3-5-12(15)9-14-11-6-7-13(17)16(2)10-11/h6-7,10,12,14H,3-5,8-9H2,1-2H3. The molecule has 94 valence electrons. The molecule has 1 aliphatic rings. The highest BCUT2D eigenvalue weighted by molar-refractivity contribution is 5.40. The highest BCUT2D eigenvalue weighted by Crippen LogP contribution is 2.15. The molecular formula is C13H21N3O. The molecule has 1 aromatic rings. The summed E-state index contributed by atoms with van der Waals surface area (Å²) in [5.41, 5.74) is 1.05. The van der Waals surface area contributed by atoms with Gasteiger partial charge in [0.25, 0.3) is 0 Å². The second kappa shape index (κ2) is 5.36. The maximum absolute atomic E-state index is 11.3. The number of aryl methyl sites for hydroxylation is 1. The van der Waals surface area contributed by atoms with Gasteiger partial charge in [0.1, 0.15) is 0 Å². The van der Waals surface area contributed by atoms with E-state index in [0.717, 1.165) is 12.2 Å². The van der Waals surface area contributed by atoms with Crippen LogP contribution in [0, 0.1) is 0 Å². The second-order valence-corrected chi connectivity index (χ2v) is 4.88. The van der Waals surface area contributed by atoms with Crippen LogP contribution >= 0.6 is 0 Å². The predicted octanol–water partition coefficient (Wildman–Crippen LogP) is 1.28. The number of anilines is 1. The first-order chi connectivity index (χ1) is 8.16. The maximum Gasteiger partial charge on any atom is 0.250 e. The van der Waals surface area contributed by atoms with E-state index in [-0.39, 0.29) is 5.56 Å². The third kappa shape index (κ3) is 3.09. The van der Waals surface area contributed by atoms with Crippen molar-refractivity contribution in [1.29, 1.82) is 0 Å². The molecule has 2 heterocycles. The summed E-state index contributed by atoms with van der Waals surface area (Å²) in [6.45, 7) is 2.15. The van der Waals surface area contributed by atoms with Crippen molar-refractivity contribution in [3.8, 4) is 0 Å². The van der Waals surface area contributed by atoms with Gasteiger partial charge in [-0.3, -0.25) is 4.79 Å². The number of likely N-dealkylation sites (tertiary alicyclic amines) is 1. The van der Waals surface area contributed by atoms with Crippen LogP contribution in [-0.2, 0) is 7.05 Å². The summed E-state index contributed by atoms with van der Waals surface area (Å²) in [7, 11) is 3.96. The van der Waals surface area contributed by atoms with Gasteiger partial charge in [-0.15, -0.1) is 0 Å². The van der Waals surface area contributed by atoms with Crippen LogP contribution in [0.1, 0.15) is 19.3 Å². The quantitative estimate of drug-likeness (QED) is 0.857. The molecule has 0 amide bonds. The molecule has 0 aromatic carbocycles. The first-order valence-corrected chi connectivity index (χ1v) is 6.27. The zero-order chi connectivity index (χ0) is 12.3. The zero-order valence-corrected chi connectivity index (χ0v) is 10.6. The maximum atomic E-state index is 11.3. The SMILES string of the molecule is CN1CCCCC1CNc1ccc(=O)n(C)c1. The summed E-state index contributed by atoms with van der Waals surface area (Å²) >= 11 is 0. The van der Waals surface area contributed by atoms with E-state index in [9.17, 15) is 4.79 Å². The fraction of sp³-hybridized carbons (Fsp3) is 0.615. The Morgan fingerprint density at radius 3 is 2.88 bits per heavy atom. The number of rotatable bonds is 3. The minimum absolute atomic E-state index is 0.0327. The van der Waals surface area contributed by atoms with Gasteiger partial charge in [-0.25, -0.2) is 0 Å². The van der Waals surface area contributed by atoms with E-state index in [2.05, 4.69) is 17.3 Å². The van der Waals surface area contributed by atoms with Crippen LogP contribution in [0.15, 0.2) is 23.1 Å². The molecule has 0 radical (unpaired) electrons. The molecule has 4 heteroatoms. The Kier molecular flexibility index (Phi) is 3.84. The van der Waals surface area contributed by atoms with Crippen molar-refractivity contribution < 1.29 is 0 Å². The molecule has 4 nitrogen and oxygen atoms in total. The lowest BCUT2D eigenvalue weighted by Crippen LogP contribution is -2.40. The molecule has 0 spiro atoms. The molecule has 2 rings (SSSR count). The number of likely N-dealkylation sites (N-methyl/N-ethyl adjacent to an activating group) is 1. The highest BCUT2D eigenvalue weighted by atomic mass is 16.1. The molecule has 0 aliphatic carbocycles. The van der Waals surface area contributed by atoms with Crippen LogP contribution in [0.3, 0.4) is 0 Å². The Hall–Kier alpha value is -1.29. The van der Waals surface area contributed by atoms with E-state index < -0.39 is 0 Å².